The highest BCUT2D eigenvalue weighted by Gasteiger charge is 2.33. The molecule has 3 heterocycles. The monoisotopic (exact) mass is 399 g/mol. The van der Waals surface area contributed by atoms with Crippen LogP contribution >= 0.6 is 0 Å². The third kappa shape index (κ3) is 3.98. The van der Waals surface area contributed by atoms with Crippen molar-refractivity contribution in [2.24, 2.45) is 5.92 Å². The molecule has 1 saturated heterocycles. The van der Waals surface area contributed by atoms with E-state index in [1.807, 2.05) is 24.3 Å². The van der Waals surface area contributed by atoms with Crippen LogP contribution in [0, 0.1) is 5.92 Å². The molecule has 4 rings (SSSR count). The number of ether oxygens (including phenoxy) is 2. The molecular formula is C21H25N3O5. The van der Waals surface area contributed by atoms with E-state index in [1.54, 1.807) is 16.7 Å². The van der Waals surface area contributed by atoms with Crippen LogP contribution in [-0.2, 0) is 35.5 Å². The van der Waals surface area contributed by atoms with Crippen LogP contribution in [0.4, 0.5) is 0 Å². The van der Waals surface area contributed by atoms with E-state index < -0.39 is 5.97 Å². The summed E-state index contributed by atoms with van der Waals surface area (Å²) in [6.07, 6.45) is 2.08. The quantitative estimate of drug-likeness (QED) is 0.795. The Labute approximate surface area is 169 Å². The first-order chi connectivity index (χ1) is 14.1. The van der Waals surface area contributed by atoms with E-state index in [1.165, 1.54) is 0 Å². The third-order valence-electron chi connectivity index (χ3n) is 5.70. The Morgan fingerprint density at radius 1 is 1.31 bits per heavy atom. The molecule has 0 saturated carbocycles. The van der Waals surface area contributed by atoms with Gasteiger partial charge in [-0.3, -0.25) is 9.48 Å². The summed E-state index contributed by atoms with van der Waals surface area (Å²) in [7, 11) is 1.63. The highest BCUT2D eigenvalue weighted by Crippen LogP contribution is 2.26. The van der Waals surface area contributed by atoms with Crippen molar-refractivity contribution in [2.45, 2.75) is 32.4 Å². The number of carbonyl (C=O) groups excluding carboxylic acids is 1. The number of aromatic carboxylic acids is 1. The number of fused-ring (bicyclic) bond motifs is 1. The van der Waals surface area contributed by atoms with E-state index in [-0.39, 0.29) is 17.5 Å². The summed E-state index contributed by atoms with van der Waals surface area (Å²) in [6.45, 7) is 2.53. The molecule has 1 aromatic heterocycles. The number of hydrogen-bond acceptors (Lipinski definition) is 5. The minimum atomic E-state index is -1.05. The standard InChI is InChI=1S/C21H25N3O5/c1-28-16-4-2-14(3-5-16)6-10-24-18-7-9-23(20(25)15-8-11-29-13-15)12-17(18)19(22-24)21(26)27/h2-5,15H,6-13H2,1H3,(H,26,27). The molecule has 0 aliphatic carbocycles. The molecule has 1 fully saturated rings. The average molecular weight is 399 g/mol. The zero-order valence-electron chi connectivity index (χ0n) is 16.5. The molecule has 1 atom stereocenters. The SMILES string of the molecule is COc1ccc(CCn2nc(C(=O)O)c3c2CCN(C(=O)C2CCOC2)C3)cc1. The van der Waals surface area contributed by atoms with Crippen LogP contribution in [0.5, 0.6) is 5.75 Å². The molecular weight excluding hydrogens is 374 g/mol. The number of amides is 1. The second-order valence-electron chi connectivity index (χ2n) is 7.47. The molecule has 2 aromatic rings. The Balaban J connectivity index is 1.51. The number of aromatic nitrogens is 2. The summed E-state index contributed by atoms with van der Waals surface area (Å²) in [5.74, 6) is -0.316. The number of carboxylic acid groups (broad SMARTS) is 1. The van der Waals surface area contributed by atoms with Gasteiger partial charge in [0, 0.05) is 43.9 Å². The molecule has 1 unspecified atom stereocenters. The fraction of sp³-hybridized carbons (Fsp3) is 0.476. The van der Waals surface area contributed by atoms with Gasteiger partial charge in [0.2, 0.25) is 5.91 Å². The molecule has 8 heteroatoms. The molecule has 154 valence electrons. The minimum Gasteiger partial charge on any atom is -0.497 e. The van der Waals surface area contributed by atoms with Gasteiger partial charge in [-0.2, -0.15) is 5.10 Å². The lowest BCUT2D eigenvalue weighted by Crippen LogP contribution is -2.40. The second-order valence-corrected chi connectivity index (χ2v) is 7.47. The molecule has 1 amide bonds. The van der Waals surface area contributed by atoms with Gasteiger partial charge >= 0.3 is 5.97 Å². The molecule has 8 nitrogen and oxygen atoms in total. The Morgan fingerprint density at radius 2 is 2.10 bits per heavy atom. The van der Waals surface area contributed by atoms with E-state index in [9.17, 15) is 14.7 Å². The van der Waals surface area contributed by atoms with E-state index in [4.69, 9.17) is 9.47 Å². The second kappa shape index (κ2) is 8.24. The number of nitrogens with zero attached hydrogens (tertiary/aromatic N) is 3. The van der Waals surface area contributed by atoms with Crippen LogP contribution in [0.1, 0.15) is 33.7 Å². The summed E-state index contributed by atoms with van der Waals surface area (Å²) < 4.78 is 12.3. The molecule has 2 aliphatic heterocycles. The highest BCUT2D eigenvalue weighted by atomic mass is 16.5. The van der Waals surface area contributed by atoms with Gasteiger partial charge in [0.05, 0.1) is 19.6 Å². The molecule has 0 radical (unpaired) electrons. The first-order valence-corrected chi connectivity index (χ1v) is 9.88. The number of benzene rings is 1. The fourth-order valence-electron chi connectivity index (χ4n) is 4.05. The lowest BCUT2D eigenvalue weighted by Gasteiger charge is -2.29. The van der Waals surface area contributed by atoms with Gasteiger partial charge in [0.25, 0.3) is 0 Å². The number of rotatable bonds is 6. The average Bonchev–Trinajstić information content (AvgIpc) is 3.40. The third-order valence-corrected chi connectivity index (χ3v) is 5.70. The highest BCUT2D eigenvalue weighted by molar-refractivity contribution is 5.88. The topological polar surface area (TPSA) is 93.9 Å². The summed E-state index contributed by atoms with van der Waals surface area (Å²) >= 11 is 0. The number of methoxy groups -OCH3 is 1. The van der Waals surface area contributed by atoms with Gasteiger partial charge in [-0.05, 0) is 30.5 Å². The molecule has 0 bridgehead atoms. The predicted octanol–water partition coefficient (Wildman–Crippen LogP) is 1.75. The number of aryl methyl sites for hydroxylation is 2. The zero-order valence-corrected chi connectivity index (χ0v) is 16.5. The van der Waals surface area contributed by atoms with Gasteiger partial charge in [-0.1, -0.05) is 12.1 Å². The normalized spacial score (nSPS) is 18.5. The van der Waals surface area contributed by atoms with Gasteiger partial charge in [0.1, 0.15) is 5.75 Å². The Bertz CT molecular complexity index is 900. The van der Waals surface area contributed by atoms with Crippen molar-refractivity contribution in [3.63, 3.8) is 0 Å². The van der Waals surface area contributed by atoms with Crippen molar-refractivity contribution in [2.75, 3.05) is 26.9 Å². The summed E-state index contributed by atoms with van der Waals surface area (Å²) in [5.41, 5.74) is 2.75. The van der Waals surface area contributed by atoms with E-state index in [0.29, 0.717) is 44.8 Å². The zero-order chi connectivity index (χ0) is 20.4. The first kappa shape index (κ1) is 19.4. The molecule has 29 heavy (non-hydrogen) atoms. The van der Waals surface area contributed by atoms with Crippen LogP contribution in [-0.4, -0.2) is 58.5 Å². The van der Waals surface area contributed by atoms with Crippen LogP contribution in [0.2, 0.25) is 0 Å². The number of carboxylic acids is 1. The maximum Gasteiger partial charge on any atom is 0.356 e. The molecule has 1 N–H and O–H groups in total. The first-order valence-electron chi connectivity index (χ1n) is 9.88. The number of hydrogen-bond donors (Lipinski definition) is 1. The van der Waals surface area contributed by atoms with E-state index >= 15 is 0 Å². The lowest BCUT2D eigenvalue weighted by molar-refractivity contribution is -0.136. The Kier molecular flexibility index (Phi) is 5.53. The maximum absolute atomic E-state index is 12.7. The van der Waals surface area contributed by atoms with Gasteiger partial charge < -0.3 is 19.5 Å². The lowest BCUT2D eigenvalue weighted by atomic mass is 10.0. The van der Waals surface area contributed by atoms with Crippen molar-refractivity contribution in [3.8, 4) is 5.75 Å². The number of carbonyl (C=O) groups is 2. The van der Waals surface area contributed by atoms with Crippen LogP contribution in [0.15, 0.2) is 24.3 Å². The van der Waals surface area contributed by atoms with Crippen molar-refractivity contribution < 1.29 is 24.2 Å². The fourth-order valence-corrected chi connectivity index (χ4v) is 4.05. The largest absolute Gasteiger partial charge is 0.497 e. The van der Waals surface area contributed by atoms with Crippen molar-refractivity contribution >= 4 is 11.9 Å². The maximum atomic E-state index is 12.7. The van der Waals surface area contributed by atoms with Crippen LogP contribution < -0.4 is 4.74 Å². The van der Waals surface area contributed by atoms with Crippen LogP contribution in [0.3, 0.4) is 0 Å². The van der Waals surface area contributed by atoms with Gasteiger partial charge in [-0.15, -0.1) is 0 Å². The predicted molar refractivity (Wildman–Crippen MR) is 104 cm³/mol. The Hall–Kier alpha value is -2.87. The van der Waals surface area contributed by atoms with Crippen LogP contribution in [0.25, 0.3) is 0 Å². The summed E-state index contributed by atoms with van der Waals surface area (Å²) in [4.78, 5) is 26.2. The van der Waals surface area contributed by atoms with E-state index in [0.717, 1.165) is 29.8 Å². The molecule has 2 aliphatic rings. The summed E-state index contributed by atoms with van der Waals surface area (Å²) in [6, 6.07) is 7.81. The Morgan fingerprint density at radius 3 is 2.76 bits per heavy atom. The van der Waals surface area contributed by atoms with Gasteiger partial charge in [-0.25, -0.2) is 4.79 Å². The molecule has 0 spiro atoms. The molecule has 1 aromatic carbocycles. The smallest absolute Gasteiger partial charge is 0.356 e. The van der Waals surface area contributed by atoms with Crippen molar-refractivity contribution in [1.29, 1.82) is 0 Å². The van der Waals surface area contributed by atoms with Gasteiger partial charge in [0.15, 0.2) is 5.69 Å². The van der Waals surface area contributed by atoms with Crippen molar-refractivity contribution in [3.05, 3.63) is 46.8 Å². The summed E-state index contributed by atoms with van der Waals surface area (Å²) in [5, 5.41) is 14.0. The van der Waals surface area contributed by atoms with Crippen molar-refractivity contribution in [1.82, 2.24) is 14.7 Å². The minimum absolute atomic E-state index is 0.0508. The van der Waals surface area contributed by atoms with E-state index in [2.05, 4.69) is 5.10 Å².